The van der Waals surface area contributed by atoms with Crippen LogP contribution in [0.5, 0.6) is 5.75 Å². The zero-order valence-corrected chi connectivity index (χ0v) is 10.6. The van der Waals surface area contributed by atoms with Crippen LogP contribution in [0.4, 0.5) is 5.69 Å². The van der Waals surface area contributed by atoms with Gasteiger partial charge >= 0.3 is 5.97 Å². The summed E-state index contributed by atoms with van der Waals surface area (Å²) < 4.78 is 10.9. The van der Waals surface area contributed by atoms with E-state index < -0.39 is 0 Å². The van der Waals surface area contributed by atoms with Crippen molar-refractivity contribution in [3.8, 4) is 5.75 Å². The monoisotopic (exact) mass is 287 g/mol. The van der Waals surface area contributed by atoms with Gasteiger partial charge in [-0.15, -0.1) is 0 Å². The molecule has 0 saturated carbocycles. The summed E-state index contributed by atoms with van der Waals surface area (Å²) in [4.78, 5) is 10.8. The Hall–Kier alpha value is -1.23. The molecule has 5 heteroatoms. The largest absolute Gasteiger partial charge is 0.491 e. The highest BCUT2D eigenvalue weighted by Crippen LogP contribution is 2.25. The van der Waals surface area contributed by atoms with Gasteiger partial charge < -0.3 is 15.2 Å². The fourth-order valence-electron chi connectivity index (χ4n) is 1.15. The van der Waals surface area contributed by atoms with Crippen molar-refractivity contribution in [1.29, 1.82) is 0 Å². The quantitative estimate of drug-likeness (QED) is 0.513. The first-order chi connectivity index (χ1) is 7.63. The van der Waals surface area contributed by atoms with Crippen LogP contribution in [-0.4, -0.2) is 19.7 Å². The SMILES string of the molecule is COC(=O)CCCOc1ccc(Br)cc1N. The van der Waals surface area contributed by atoms with Gasteiger partial charge in [0.2, 0.25) is 0 Å². The molecule has 1 rings (SSSR count). The third kappa shape index (κ3) is 4.10. The molecule has 0 heterocycles. The number of esters is 1. The number of benzene rings is 1. The van der Waals surface area contributed by atoms with E-state index in [9.17, 15) is 4.79 Å². The van der Waals surface area contributed by atoms with Gasteiger partial charge in [0.05, 0.1) is 19.4 Å². The van der Waals surface area contributed by atoms with Gasteiger partial charge in [0.15, 0.2) is 0 Å². The molecular formula is C11H14BrNO3. The smallest absolute Gasteiger partial charge is 0.305 e. The van der Waals surface area contributed by atoms with Crippen LogP contribution in [0.2, 0.25) is 0 Å². The summed E-state index contributed by atoms with van der Waals surface area (Å²) in [7, 11) is 1.37. The minimum absolute atomic E-state index is 0.229. The van der Waals surface area contributed by atoms with Crippen LogP contribution in [0.3, 0.4) is 0 Å². The van der Waals surface area contributed by atoms with Crippen molar-refractivity contribution in [3.63, 3.8) is 0 Å². The molecule has 0 aliphatic carbocycles. The molecule has 0 aliphatic heterocycles. The minimum Gasteiger partial charge on any atom is -0.491 e. The third-order valence-corrected chi connectivity index (χ3v) is 2.48. The van der Waals surface area contributed by atoms with Gasteiger partial charge in [-0.2, -0.15) is 0 Å². The second kappa shape index (κ2) is 6.37. The highest BCUT2D eigenvalue weighted by atomic mass is 79.9. The van der Waals surface area contributed by atoms with E-state index in [1.165, 1.54) is 7.11 Å². The zero-order chi connectivity index (χ0) is 12.0. The molecule has 4 nitrogen and oxygen atoms in total. The number of ether oxygens (including phenoxy) is 2. The number of carbonyl (C=O) groups excluding carboxylic acids is 1. The summed E-state index contributed by atoms with van der Waals surface area (Å²) in [5.41, 5.74) is 6.32. The van der Waals surface area contributed by atoms with Crippen molar-refractivity contribution >= 4 is 27.6 Å². The molecule has 0 spiro atoms. The lowest BCUT2D eigenvalue weighted by Crippen LogP contribution is -2.05. The summed E-state index contributed by atoms with van der Waals surface area (Å²) in [5.74, 6) is 0.403. The van der Waals surface area contributed by atoms with E-state index in [4.69, 9.17) is 10.5 Å². The van der Waals surface area contributed by atoms with E-state index in [1.807, 2.05) is 6.07 Å². The van der Waals surface area contributed by atoms with E-state index in [0.717, 1.165) is 4.47 Å². The Labute approximate surface area is 103 Å². The molecule has 88 valence electrons. The Kier molecular flexibility index (Phi) is 5.11. The molecule has 0 saturated heterocycles. The Morgan fingerprint density at radius 2 is 2.25 bits per heavy atom. The van der Waals surface area contributed by atoms with Crippen LogP contribution >= 0.6 is 15.9 Å². The molecule has 0 aromatic heterocycles. The number of methoxy groups -OCH3 is 1. The number of anilines is 1. The first-order valence-electron chi connectivity index (χ1n) is 4.88. The van der Waals surface area contributed by atoms with Crippen molar-refractivity contribution in [2.75, 3.05) is 19.5 Å². The van der Waals surface area contributed by atoms with E-state index in [-0.39, 0.29) is 5.97 Å². The van der Waals surface area contributed by atoms with Crippen LogP contribution < -0.4 is 10.5 Å². The van der Waals surface area contributed by atoms with Crippen molar-refractivity contribution in [1.82, 2.24) is 0 Å². The Bertz CT molecular complexity index is 368. The van der Waals surface area contributed by atoms with Crippen molar-refractivity contribution in [2.45, 2.75) is 12.8 Å². The average molecular weight is 288 g/mol. The van der Waals surface area contributed by atoms with Gasteiger partial charge in [-0.25, -0.2) is 0 Å². The lowest BCUT2D eigenvalue weighted by Gasteiger charge is -2.08. The van der Waals surface area contributed by atoms with Gasteiger partial charge in [0.25, 0.3) is 0 Å². The van der Waals surface area contributed by atoms with Crippen LogP contribution in [0.15, 0.2) is 22.7 Å². The maximum absolute atomic E-state index is 10.8. The molecule has 1 aromatic rings. The molecular weight excluding hydrogens is 274 g/mol. The lowest BCUT2D eigenvalue weighted by molar-refractivity contribution is -0.140. The number of carbonyl (C=O) groups is 1. The van der Waals surface area contributed by atoms with Crippen LogP contribution in [0.1, 0.15) is 12.8 Å². The average Bonchev–Trinajstić information content (AvgIpc) is 2.26. The van der Waals surface area contributed by atoms with Gasteiger partial charge in [-0.05, 0) is 24.6 Å². The number of halogens is 1. The zero-order valence-electron chi connectivity index (χ0n) is 9.03. The van der Waals surface area contributed by atoms with E-state index in [0.29, 0.717) is 30.9 Å². The van der Waals surface area contributed by atoms with Crippen LogP contribution in [0.25, 0.3) is 0 Å². The first kappa shape index (κ1) is 12.8. The molecule has 0 amide bonds. The maximum Gasteiger partial charge on any atom is 0.305 e. The van der Waals surface area contributed by atoms with Gasteiger partial charge in [0, 0.05) is 10.9 Å². The molecule has 0 unspecified atom stereocenters. The fourth-order valence-corrected chi connectivity index (χ4v) is 1.53. The first-order valence-corrected chi connectivity index (χ1v) is 5.67. The Morgan fingerprint density at radius 3 is 2.88 bits per heavy atom. The summed E-state index contributed by atoms with van der Waals surface area (Å²) >= 11 is 3.31. The van der Waals surface area contributed by atoms with E-state index in [2.05, 4.69) is 20.7 Å². The molecule has 0 bridgehead atoms. The summed E-state index contributed by atoms with van der Waals surface area (Å²) in [6, 6.07) is 5.42. The van der Waals surface area contributed by atoms with Crippen molar-refractivity contribution in [2.24, 2.45) is 0 Å². The lowest BCUT2D eigenvalue weighted by atomic mass is 10.3. The Balaban J connectivity index is 2.35. The van der Waals surface area contributed by atoms with Crippen LogP contribution in [0, 0.1) is 0 Å². The second-order valence-electron chi connectivity index (χ2n) is 3.21. The van der Waals surface area contributed by atoms with Crippen molar-refractivity contribution < 1.29 is 14.3 Å². The topological polar surface area (TPSA) is 61.5 Å². The molecule has 0 fully saturated rings. The van der Waals surface area contributed by atoms with Crippen molar-refractivity contribution in [3.05, 3.63) is 22.7 Å². The molecule has 0 radical (unpaired) electrons. The number of rotatable bonds is 5. The summed E-state index contributed by atoms with van der Waals surface area (Å²) in [6.07, 6.45) is 0.967. The summed E-state index contributed by atoms with van der Waals surface area (Å²) in [6.45, 7) is 0.445. The van der Waals surface area contributed by atoms with E-state index in [1.54, 1.807) is 12.1 Å². The Morgan fingerprint density at radius 1 is 1.50 bits per heavy atom. The standard InChI is InChI=1S/C11H14BrNO3/c1-15-11(14)3-2-6-16-10-5-4-8(12)7-9(10)13/h4-5,7H,2-3,6,13H2,1H3. The molecule has 1 aromatic carbocycles. The number of nitrogens with two attached hydrogens (primary N) is 1. The predicted octanol–water partition coefficient (Wildman–Crippen LogP) is 2.36. The maximum atomic E-state index is 10.8. The van der Waals surface area contributed by atoms with Gasteiger partial charge in [-0.3, -0.25) is 4.79 Å². The predicted molar refractivity (Wildman–Crippen MR) is 65.3 cm³/mol. The minimum atomic E-state index is -0.229. The van der Waals surface area contributed by atoms with Gasteiger partial charge in [0.1, 0.15) is 5.75 Å². The number of hydrogen-bond donors (Lipinski definition) is 1. The molecule has 0 aliphatic rings. The fraction of sp³-hybridized carbons (Fsp3) is 0.364. The second-order valence-corrected chi connectivity index (χ2v) is 4.13. The highest BCUT2D eigenvalue weighted by Gasteiger charge is 2.03. The molecule has 16 heavy (non-hydrogen) atoms. The van der Waals surface area contributed by atoms with Gasteiger partial charge in [-0.1, -0.05) is 15.9 Å². The summed E-state index contributed by atoms with van der Waals surface area (Å²) in [5, 5.41) is 0. The third-order valence-electron chi connectivity index (χ3n) is 1.98. The van der Waals surface area contributed by atoms with E-state index >= 15 is 0 Å². The molecule has 0 atom stereocenters. The van der Waals surface area contributed by atoms with Crippen LogP contribution in [-0.2, 0) is 9.53 Å². The number of nitrogen functional groups attached to an aromatic ring is 1. The number of hydrogen-bond acceptors (Lipinski definition) is 4. The molecule has 2 N–H and O–H groups in total. The normalized spacial score (nSPS) is 9.88. The highest BCUT2D eigenvalue weighted by molar-refractivity contribution is 9.10.